The van der Waals surface area contributed by atoms with Gasteiger partial charge in [-0.15, -0.1) is 0 Å². The van der Waals surface area contributed by atoms with E-state index in [4.69, 9.17) is 0 Å². The number of hydrogen-bond donors (Lipinski definition) is 0. The van der Waals surface area contributed by atoms with Gasteiger partial charge in [-0.2, -0.15) is 0 Å². The van der Waals surface area contributed by atoms with Crippen LogP contribution in [0.1, 0.15) is 12.7 Å². The lowest BCUT2D eigenvalue weighted by atomic mass is 10.1. The van der Waals surface area contributed by atoms with Crippen LogP contribution in [-0.2, 0) is 6.42 Å². The Labute approximate surface area is 111 Å². The molecule has 0 fully saturated rings. The van der Waals surface area contributed by atoms with Gasteiger partial charge in [0.05, 0.1) is 5.69 Å². The highest BCUT2D eigenvalue weighted by Crippen LogP contribution is 2.23. The van der Waals surface area contributed by atoms with Crippen LogP contribution in [0.4, 0.5) is 0 Å². The molecular weight excluding hydrogens is 332 g/mol. The van der Waals surface area contributed by atoms with Crippen molar-refractivity contribution in [3.8, 4) is 11.3 Å². The third-order valence-corrected chi connectivity index (χ3v) is 3.08. The van der Waals surface area contributed by atoms with Crippen molar-refractivity contribution in [1.82, 2.24) is 9.97 Å². The molecule has 0 N–H and O–H groups in total. The van der Waals surface area contributed by atoms with Gasteiger partial charge in [-0.25, -0.2) is 9.97 Å². The first-order valence-electron chi connectivity index (χ1n) is 4.98. The van der Waals surface area contributed by atoms with Crippen LogP contribution in [0, 0.1) is 0 Å². The molecule has 2 rings (SSSR count). The van der Waals surface area contributed by atoms with Crippen molar-refractivity contribution in [3.05, 3.63) is 45.2 Å². The summed E-state index contributed by atoms with van der Waals surface area (Å²) in [6.45, 7) is 2.05. The molecule has 0 saturated heterocycles. The van der Waals surface area contributed by atoms with Crippen molar-refractivity contribution < 1.29 is 0 Å². The summed E-state index contributed by atoms with van der Waals surface area (Å²) >= 11 is 6.87. The van der Waals surface area contributed by atoms with Crippen LogP contribution in [0.2, 0.25) is 0 Å². The Kier molecular flexibility index (Phi) is 3.71. The monoisotopic (exact) mass is 340 g/mol. The summed E-state index contributed by atoms with van der Waals surface area (Å²) in [6.07, 6.45) is 0.834. The third kappa shape index (κ3) is 2.68. The largest absolute Gasteiger partial charge is 0.233 e. The van der Waals surface area contributed by atoms with Crippen molar-refractivity contribution >= 4 is 31.9 Å². The maximum Gasteiger partial charge on any atom is 0.130 e. The summed E-state index contributed by atoms with van der Waals surface area (Å²) in [4.78, 5) is 8.80. The number of hydrogen-bond acceptors (Lipinski definition) is 2. The maximum absolute atomic E-state index is 4.50. The van der Waals surface area contributed by atoms with E-state index in [1.807, 2.05) is 37.3 Å². The molecule has 0 bridgehead atoms. The van der Waals surface area contributed by atoms with Crippen molar-refractivity contribution in [1.29, 1.82) is 0 Å². The van der Waals surface area contributed by atoms with E-state index in [0.717, 1.165) is 32.6 Å². The molecule has 4 heteroatoms. The second kappa shape index (κ2) is 5.06. The van der Waals surface area contributed by atoms with Gasteiger partial charge in [0.15, 0.2) is 0 Å². The third-order valence-electron chi connectivity index (χ3n) is 2.18. The molecule has 2 aromatic rings. The SMILES string of the molecule is CCc1nc(Br)cc(-c2cccc(Br)c2)n1. The molecule has 0 aliphatic carbocycles. The fourth-order valence-corrected chi connectivity index (χ4v) is 2.24. The fourth-order valence-electron chi connectivity index (χ4n) is 1.42. The lowest BCUT2D eigenvalue weighted by molar-refractivity contribution is 0.931. The van der Waals surface area contributed by atoms with Crippen LogP contribution in [0.25, 0.3) is 11.3 Å². The Morgan fingerprint density at radius 1 is 1.12 bits per heavy atom. The molecule has 2 nitrogen and oxygen atoms in total. The van der Waals surface area contributed by atoms with Gasteiger partial charge >= 0.3 is 0 Å². The molecule has 1 aromatic carbocycles. The van der Waals surface area contributed by atoms with Crippen LogP contribution < -0.4 is 0 Å². The molecule has 0 aliphatic rings. The van der Waals surface area contributed by atoms with Gasteiger partial charge in [0.1, 0.15) is 10.4 Å². The van der Waals surface area contributed by atoms with Crippen LogP contribution in [-0.4, -0.2) is 9.97 Å². The number of aromatic nitrogens is 2. The first kappa shape index (κ1) is 11.7. The molecule has 16 heavy (non-hydrogen) atoms. The summed E-state index contributed by atoms with van der Waals surface area (Å²) in [6, 6.07) is 10.0. The highest BCUT2D eigenvalue weighted by molar-refractivity contribution is 9.10. The van der Waals surface area contributed by atoms with Crippen LogP contribution in [0.5, 0.6) is 0 Å². The molecule has 0 radical (unpaired) electrons. The highest BCUT2D eigenvalue weighted by atomic mass is 79.9. The predicted molar refractivity (Wildman–Crippen MR) is 72.2 cm³/mol. The predicted octanol–water partition coefficient (Wildman–Crippen LogP) is 4.23. The van der Waals surface area contributed by atoms with Gasteiger partial charge in [0, 0.05) is 16.5 Å². The quantitative estimate of drug-likeness (QED) is 0.764. The van der Waals surface area contributed by atoms with Gasteiger partial charge in [-0.3, -0.25) is 0 Å². The van der Waals surface area contributed by atoms with Crippen LogP contribution in [0.3, 0.4) is 0 Å². The first-order valence-corrected chi connectivity index (χ1v) is 6.57. The number of rotatable bonds is 2. The van der Waals surface area contributed by atoms with Crippen molar-refractivity contribution in [2.75, 3.05) is 0 Å². The normalized spacial score (nSPS) is 10.4. The molecule has 0 aliphatic heterocycles. The Balaban J connectivity index is 2.51. The van der Waals surface area contributed by atoms with Gasteiger partial charge in [0.2, 0.25) is 0 Å². The minimum absolute atomic E-state index is 0.828. The van der Waals surface area contributed by atoms with E-state index in [2.05, 4.69) is 41.8 Å². The van der Waals surface area contributed by atoms with E-state index in [9.17, 15) is 0 Å². The number of halogens is 2. The van der Waals surface area contributed by atoms with Gasteiger partial charge in [0.25, 0.3) is 0 Å². The molecule has 82 valence electrons. The summed E-state index contributed by atoms with van der Waals surface area (Å²) in [5.74, 6) is 0.851. The highest BCUT2D eigenvalue weighted by Gasteiger charge is 2.04. The zero-order chi connectivity index (χ0) is 11.5. The molecule has 1 aromatic heterocycles. The Hall–Kier alpha value is -0.740. The van der Waals surface area contributed by atoms with E-state index in [0.29, 0.717) is 0 Å². The molecule has 0 unspecified atom stereocenters. The summed E-state index contributed by atoms with van der Waals surface area (Å²) < 4.78 is 1.88. The van der Waals surface area contributed by atoms with E-state index in [1.54, 1.807) is 0 Å². The summed E-state index contributed by atoms with van der Waals surface area (Å²) in [5, 5.41) is 0. The standard InChI is InChI=1S/C12H10Br2N2/c1-2-12-15-10(7-11(14)16-12)8-4-3-5-9(13)6-8/h3-7H,2H2,1H3. The zero-order valence-electron chi connectivity index (χ0n) is 8.74. The number of nitrogens with zero attached hydrogens (tertiary/aromatic N) is 2. The van der Waals surface area contributed by atoms with Crippen LogP contribution >= 0.6 is 31.9 Å². The Bertz CT molecular complexity index is 512. The lowest BCUT2D eigenvalue weighted by Gasteiger charge is -2.04. The topological polar surface area (TPSA) is 25.8 Å². The first-order chi connectivity index (χ1) is 7.69. The van der Waals surface area contributed by atoms with Gasteiger partial charge in [-0.05, 0) is 34.1 Å². The Morgan fingerprint density at radius 3 is 2.62 bits per heavy atom. The van der Waals surface area contributed by atoms with Crippen molar-refractivity contribution in [2.24, 2.45) is 0 Å². The molecule has 0 atom stereocenters. The molecule has 0 spiro atoms. The van der Waals surface area contributed by atoms with Gasteiger partial charge in [-0.1, -0.05) is 35.0 Å². The second-order valence-electron chi connectivity index (χ2n) is 3.36. The summed E-state index contributed by atoms with van der Waals surface area (Å²) in [5.41, 5.74) is 2.03. The average Bonchev–Trinajstić information content (AvgIpc) is 2.28. The molecule has 0 amide bonds. The minimum atomic E-state index is 0.828. The second-order valence-corrected chi connectivity index (χ2v) is 5.08. The number of aryl methyl sites for hydroxylation is 1. The Morgan fingerprint density at radius 2 is 1.94 bits per heavy atom. The minimum Gasteiger partial charge on any atom is -0.233 e. The maximum atomic E-state index is 4.50. The van der Waals surface area contributed by atoms with Crippen LogP contribution in [0.15, 0.2) is 39.4 Å². The molecular formula is C12H10Br2N2. The van der Waals surface area contributed by atoms with Gasteiger partial charge < -0.3 is 0 Å². The van der Waals surface area contributed by atoms with E-state index in [-0.39, 0.29) is 0 Å². The lowest BCUT2D eigenvalue weighted by Crippen LogP contribution is -1.95. The smallest absolute Gasteiger partial charge is 0.130 e. The van der Waals surface area contributed by atoms with E-state index in [1.165, 1.54) is 0 Å². The number of benzene rings is 1. The zero-order valence-corrected chi connectivity index (χ0v) is 11.9. The van der Waals surface area contributed by atoms with Crippen molar-refractivity contribution in [2.45, 2.75) is 13.3 Å². The van der Waals surface area contributed by atoms with E-state index >= 15 is 0 Å². The van der Waals surface area contributed by atoms with Crippen molar-refractivity contribution in [3.63, 3.8) is 0 Å². The molecule has 1 heterocycles. The summed E-state index contributed by atoms with van der Waals surface area (Å²) in [7, 11) is 0. The average molecular weight is 342 g/mol. The fraction of sp³-hybridized carbons (Fsp3) is 0.167. The molecule has 0 saturated carbocycles. The van der Waals surface area contributed by atoms with E-state index < -0.39 is 0 Å².